The molecule has 0 saturated carbocycles. The van der Waals surface area contributed by atoms with E-state index >= 15 is 0 Å². The van der Waals surface area contributed by atoms with Gasteiger partial charge in [0.05, 0.1) is 0 Å². The van der Waals surface area contributed by atoms with Crippen LogP contribution < -0.4 is 0 Å². The van der Waals surface area contributed by atoms with E-state index in [4.69, 9.17) is 10.7 Å². The first kappa shape index (κ1) is 15.3. The lowest BCUT2D eigenvalue weighted by Crippen LogP contribution is -2.29. The van der Waals surface area contributed by atoms with Crippen LogP contribution in [0.2, 0.25) is 0 Å². The van der Waals surface area contributed by atoms with Crippen molar-refractivity contribution in [1.29, 1.82) is 0 Å². The zero-order valence-electron chi connectivity index (χ0n) is 11.1. The lowest BCUT2D eigenvalue weighted by Gasteiger charge is -2.16. The predicted octanol–water partition coefficient (Wildman–Crippen LogP) is 2.48. The van der Waals surface area contributed by atoms with Crippen LogP contribution in [0.3, 0.4) is 0 Å². The number of nitrogens with zero attached hydrogens (tertiary/aromatic N) is 1. The Bertz CT molecular complexity index is 637. The number of amides is 1. The minimum atomic E-state index is -4.21. The van der Waals surface area contributed by atoms with E-state index in [0.29, 0.717) is 24.9 Å². The maximum atomic E-state index is 13.4. The van der Waals surface area contributed by atoms with E-state index < -0.39 is 19.8 Å². The van der Waals surface area contributed by atoms with Gasteiger partial charge in [0.25, 0.3) is 15.0 Å². The fraction of sp³-hybridized carbons (Fsp3) is 0.462. The predicted molar refractivity (Wildman–Crippen MR) is 73.7 cm³/mol. The molecule has 1 heterocycles. The molecule has 0 aromatic heterocycles. The van der Waals surface area contributed by atoms with Gasteiger partial charge in [0, 0.05) is 29.3 Å². The van der Waals surface area contributed by atoms with Gasteiger partial charge in [0.1, 0.15) is 10.7 Å². The molecule has 2 rings (SSSR count). The fourth-order valence-corrected chi connectivity index (χ4v) is 3.22. The van der Waals surface area contributed by atoms with Crippen molar-refractivity contribution in [2.24, 2.45) is 11.8 Å². The van der Waals surface area contributed by atoms with Gasteiger partial charge in [0.15, 0.2) is 0 Å². The zero-order chi connectivity index (χ0) is 15.1. The summed E-state index contributed by atoms with van der Waals surface area (Å²) >= 11 is 0. The summed E-state index contributed by atoms with van der Waals surface area (Å²) in [5, 5.41) is 0. The molecule has 1 fully saturated rings. The SMILES string of the molecule is CC1CN(C(=O)c2ccc(F)c(S(=O)(=O)Cl)c2)CC1C. The van der Waals surface area contributed by atoms with E-state index in [1.807, 2.05) is 0 Å². The normalized spacial score (nSPS) is 23.1. The van der Waals surface area contributed by atoms with Crippen molar-refractivity contribution in [2.75, 3.05) is 13.1 Å². The average molecular weight is 320 g/mol. The summed E-state index contributed by atoms with van der Waals surface area (Å²) in [7, 11) is 0.946. The molecule has 2 unspecified atom stereocenters. The molecule has 1 aromatic carbocycles. The number of likely N-dealkylation sites (tertiary alicyclic amines) is 1. The standard InChI is InChI=1S/C13H15ClFNO3S/c1-8-6-16(7-9(8)2)13(17)10-3-4-11(15)12(5-10)20(14,18)19/h3-5,8-9H,6-7H2,1-2H3. The number of carbonyl (C=O) groups is 1. The second-order valence-electron chi connectivity index (χ2n) is 5.25. The van der Waals surface area contributed by atoms with Crippen LogP contribution in [0.1, 0.15) is 24.2 Å². The zero-order valence-corrected chi connectivity index (χ0v) is 12.7. The van der Waals surface area contributed by atoms with Gasteiger partial charge >= 0.3 is 0 Å². The largest absolute Gasteiger partial charge is 0.338 e. The van der Waals surface area contributed by atoms with Gasteiger partial charge in [-0.15, -0.1) is 0 Å². The van der Waals surface area contributed by atoms with Gasteiger partial charge in [-0.25, -0.2) is 12.8 Å². The highest BCUT2D eigenvalue weighted by Gasteiger charge is 2.30. The van der Waals surface area contributed by atoms with Crippen LogP contribution >= 0.6 is 10.7 Å². The topological polar surface area (TPSA) is 54.5 Å². The van der Waals surface area contributed by atoms with E-state index in [1.54, 1.807) is 4.90 Å². The summed E-state index contributed by atoms with van der Waals surface area (Å²) in [5.74, 6) is -0.492. The summed E-state index contributed by atoms with van der Waals surface area (Å²) in [4.78, 5) is 13.3. The molecular weight excluding hydrogens is 305 g/mol. The van der Waals surface area contributed by atoms with Gasteiger partial charge in [-0.1, -0.05) is 13.8 Å². The van der Waals surface area contributed by atoms with Crippen molar-refractivity contribution in [1.82, 2.24) is 4.90 Å². The molecule has 1 aliphatic heterocycles. The molecular formula is C13H15ClFNO3S. The Morgan fingerprint density at radius 2 is 1.85 bits per heavy atom. The highest BCUT2D eigenvalue weighted by Crippen LogP contribution is 2.25. The van der Waals surface area contributed by atoms with Crippen molar-refractivity contribution >= 4 is 25.6 Å². The van der Waals surface area contributed by atoms with E-state index in [2.05, 4.69) is 13.8 Å². The Balaban J connectivity index is 2.33. The first-order valence-corrected chi connectivity index (χ1v) is 8.54. The van der Waals surface area contributed by atoms with Gasteiger partial charge in [-0.2, -0.15) is 0 Å². The second-order valence-corrected chi connectivity index (χ2v) is 7.78. The van der Waals surface area contributed by atoms with Crippen LogP contribution in [0.15, 0.2) is 23.1 Å². The lowest BCUT2D eigenvalue weighted by molar-refractivity contribution is 0.0784. The van der Waals surface area contributed by atoms with E-state index in [1.165, 1.54) is 6.07 Å². The molecule has 0 spiro atoms. The van der Waals surface area contributed by atoms with Gasteiger partial charge in [-0.3, -0.25) is 4.79 Å². The molecule has 2 atom stereocenters. The monoisotopic (exact) mass is 319 g/mol. The maximum absolute atomic E-state index is 13.4. The Hall–Kier alpha value is -1.14. The van der Waals surface area contributed by atoms with Gasteiger partial charge in [-0.05, 0) is 30.0 Å². The van der Waals surface area contributed by atoms with Crippen LogP contribution in [0, 0.1) is 17.7 Å². The number of hydrogen-bond acceptors (Lipinski definition) is 3. The summed E-state index contributed by atoms with van der Waals surface area (Å²) < 4.78 is 36.0. The molecule has 7 heteroatoms. The molecule has 1 aromatic rings. The molecule has 4 nitrogen and oxygen atoms in total. The van der Waals surface area contributed by atoms with Crippen LogP contribution in [0.4, 0.5) is 4.39 Å². The molecule has 0 aliphatic carbocycles. The molecule has 0 N–H and O–H groups in total. The molecule has 110 valence electrons. The molecule has 0 bridgehead atoms. The molecule has 0 radical (unpaired) electrons. The lowest BCUT2D eigenvalue weighted by atomic mass is 10.0. The van der Waals surface area contributed by atoms with Crippen LogP contribution in [0.25, 0.3) is 0 Å². The van der Waals surface area contributed by atoms with E-state index in [0.717, 1.165) is 12.1 Å². The Kier molecular flexibility index (Phi) is 4.07. The quantitative estimate of drug-likeness (QED) is 0.787. The number of rotatable bonds is 2. The summed E-state index contributed by atoms with van der Waals surface area (Å²) in [6.07, 6.45) is 0. The molecule has 20 heavy (non-hydrogen) atoms. The van der Waals surface area contributed by atoms with Crippen LogP contribution in [-0.4, -0.2) is 32.3 Å². The third-order valence-electron chi connectivity index (χ3n) is 3.72. The minimum Gasteiger partial charge on any atom is -0.338 e. The average Bonchev–Trinajstić information content (AvgIpc) is 2.68. The van der Waals surface area contributed by atoms with Crippen molar-refractivity contribution in [2.45, 2.75) is 18.7 Å². The fourth-order valence-electron chi connectivity index (χ4n) is 2.30. The van der Waals surface area contributed by atoms with E-state index in [9.17, 15) is 17.6 Å². The summed E-state index contributed by atoms with van der Waals surface area (Å²) in [6.45, 7) is 5.33. The summed E-state index contributed by atoms with van der Waals surface area (Å²) in [5.41, 5.74) is 0.131. The number of carbonyl (C=O) groups excluding carboxylic acids is 1. The highest BCUT2D eigenvalue weighted by molar-refractivity contribution is 8.13. The van der Waals surface area contributed by atoms with Crippen LogP contribution in [0.5, 0.6) is 0 Å². The first-order valence-electron chi connectivity index (χ1n) is 6.23. The number of hydrogen-bond donors (Lipinski definition) is 0. The Morgan fingerprint density at radius 1 is 1.30 bits per heavy atom. The third-order valence-corrected chi connectivity index (χ3v) is 5.05. The summed E-state index contributed by atoms with van der Waals surface area (Å²) in [6, 6.07) is 3.22. The second kappa shape index (κ2) is 5.33. The van der Waals surface area contributed by atoms with Crippen molar-refractivity contribution in [3.8, 4) is 0 Å². The van der Waals surface area contributed by atoms with Crippen molar-refractivity contribution in [3.63, 3.8) is 0 Å². The third kappa shape index (κ3) is 2.96. The molecule has 1 amide bonds. The van der Waals surface area contributed by atoms with Gasteiger partial charge in [0.2, 0.25) is 0 Å². The molecule has 1 saturated heterocycles. The Labute approximate surface area is 121 Å². The van der Waals surface area contributed by atoms with E-state index in [-0.39, 0.29) is 11.5 Å². The van der Waals surface area contributed by atoms with Crippen molar-refractivity contribution in [3.05, 3.63) is 29.6 Å². The van der Waals surface area contributed by atoms with Crippen molar-refractivity contribution < 1.29 is 17.6 Å². The Morgan fingerprint density at radius 3 is 2.35 bits per heavy atom. The maximum Gasteiger partial charge on any atom is 0.264 e. The number of benzene rings is 1. The minimum absolute atomic E-state index is 0.131. The number of halogens is 2. The van der Waals surface area contributed by atoms with Gasteiger partial charge < -0.3 is 4.90 Å². The van der Waals surface area contributed by atoms with Crippen LogP contribution in [-0.2, 0) is 9.05 Å². The smallest absolute Gasteiger partial charge is 0.264 e. The first-order chi connectivity index (χ1) is 9.20. The molecule has 1 aliphatic rings. The highest BCUT2D eigenvalue weighted by atomic mass is 35.7.